The minimum absolute atomic E-state index is 0.657. The second-order valence-electron chi connectivity index (χ2n) is 7.20. The van der Waals surface area contributed by atoms with E-state index in [-0.39, 0.29) is 0 Å². The maximum absolute atomic E-state index is 5.78. The summed E-state index contributed by atoms with van der Waals surface area (Å²) in [5.74, 6) is 1.76. The molecule has 0 saturated heterocycles. The van der Waals surface area contributed by atoms with Crippen LogP contribution in [0.3, 0.4) is 0 Å². The van der Waals surface area contributed by atoms with Crippen molar-refractivity contribution in [3.8, 4) is 22.6 Å². The number of pyridine rings is 1. The molecular weight excluding hydrogens is 346 g/mol. The summed E-state index contributed by atoms with van der Waals surface area (Å²) >= 11 is 0. The quantitative estimate of drug-likeness (QED) is 0.348. The van der Waals surface area contributed by atoms with E-state index in [0.29, 0.717) is 6.61 Å². The van der Waals surface area contributed by atoms with Gasteiger partial charge in [-0.05, 0) is 61.7 Å². The van der Waals surface area contributed by atoms with Gasteiger partial charge >= 0.3 is 0 Å². The zero-order chi connectivity index (χ0) is 19.8. The Bertz CT molecular complexity index is 1170. The fourth-order valence-electron chi connectivity index (χ4n) is 4.14. The van der Waals surface area contributed by atoms with Crippen LogP contribution in [0.15, 0.2) is 54.6 Å². The molecule has 0 radical (unpaired) electrons. The summed E-state index contributed by atoms with van der Waals surface area (Å²) in [5, 5.41) is 2.40. The van der Waals surface area contributed by atoms with Crippen LogP contribution < -0.4 is 14.0 Å². The van der Waals surface area contributed by atoms with Crippen molar-refractivity contribution in [3.63, 3.8) is 0 Å². The van der Waals surface area contributed by atoms with Crippen LogP contribution in [-0.2, 0) is 7.05 Å². The molecule has 0 atom stereocenters. The first kappa shape index (κ1) is 18.3. The number of methoxy groups -OCH3 is 1. The van der Waals surface area contributed by atoms with E-state index in [1.807, 2.05) is 13.0 Å². The third-order valence-electron chi connectivity index (χ3n) is 5.48. The van der Waals surface area contributed by atoms with Crippen LogP contribution in [0.2, 0.25) is 0 Å². The monoisotopic (exact) mass is 372 g/mol. The topological polar surface area (TPSA) is 22.3 Å². The average Bonchev–Trinajstić information content (AvgIpc) is 2.70. The largest absolute Gasteiger partial charge is 0.497 e. The molecule has 0 aliphatic rings. The number of ether oxygens (including phenoxy) is 2. The first-order valence-corrected chi connectivity index (χ1v) is 9.68. The fraction of sp³-hybridized carbons (Fsp3) is 0.240. The van der Waals surface area contributed by atoms with E-state index in [1.54, 1.807) is 7.11 Å². The molecule has 0 spiro atoms. The Balaban J connectivity index is 2.22. The highest BCUT2D eigenvalue weighted by Gasteiger charge is 2.22. The number of benzene rings is 3. The van der Waals surface area contributed by atoms with Gasteiger partial charge in [0.1, 0.15) is 18.5 Å². The van der Waals surface area contributed by atoms with Gasteiger partial charge in [-0.2, -0.15) is 4.57 Å². The highest BCUT2D eigenvalue weighted by Crippen LogP contribution is 2.39. The zero-order valence-electron chi connectivity index (χ0n) is 17.2. The Morgan fingerprint density at radius 2 is 1.50 bits per heavy atom. The van der Waals surface area contributed by atoms with Crippen LogP contribution in [-0.4, -0.2) is 13.7 Å². The minimum atomic E-state index is 0.657. The van der Waals surface area contributed by atoms with Crippen molar-refractivity contribution in [1.82, 2.24) is 0 Å². The maximum Gasteiger partial charge on any atom is 0.217 e. The summed E-state index contributed by atoms with van der Waals surface area (Å²) in [6.45, 7) is 7.03. The van der Waals surface area contributed by atoms with Gasteiger partial charge in [-0.25, -0.2) is 0 Å². The summed E-state index contributed by atoms with van der Waals surface area (Å²) in [6, 6.07) is 19.2. The van der Waals surface area contributed by atoms with Crippen molar-refractivity contribution in [2.45, 2.75) is 20.8 Å². The fourth-order valence-corrected chi connectivity index (χ4v) is 4.14. The highest BCUT2D eigenvalue weighted by atomic mass is 16.5. The standard InChI is InChI=1S/C25H26NO2/c1-6-28-19-10-12-20-23(15-19)26(4)22-13-11-18(27-5)14-21(22)25(20)24-16(2)8-7-9-17(24)3/h7-15H,6H2,1-5H3/q+1. The van der Waals surface area contributed by atoms with Gasteiger partial charge in [0.2, 0.25) is 11.0 Å². The molecule has 0 unspecified atom stereocenters. The molecule has 0 bridgehead atoms. The molecule has 4 aromatic rings. The molecule has 0 aliphatic carbocycles. The van der Waals surface area contributed by atoms with Crippen molar-refractivity contribution in [2.75, 3.05) is 13.7 Å². The lowest BCUT2D eigenvalue weighted by molar-refractivity contribution is -0.617. The van der Waals surface area contributed by atoms with Gasteiger partial charge < -0.3 is 9.47 Å². The summed E-state index contributed by atoms with van der Waals surface area (Å²) in [6.07, 6.45) is 0. The van der Waals surface area contributed by atoms with E-state index >= 15 is 0 Å². The second kappa shape index (κ2) is 7.16. The molecule has 3 heteroatoms. The zero-order valence-corrected chi connectivity index (χ0v) is 17.2. The minimum Gasteiger partial charge on any atom is -0.497 e. The van der Waals surface area contributed by atoms with E-state index in [1.165, 1.54) is 38.5 Å². The first-order chi connectivity index (χ1) is 13.5. The predicted molar refractivity (Wildman–Crippen MR) is 115 cm³/mol. The van der Waals surface area contributed by atoms with Crippen LogP contribution in [0.25, 0.3) is 32.9 Å². The second-order valence-corrected chi connectivity index (χ2v) is 7.20. The lowest BCUT2D eigenvalue weighted by Gasteiger charge is -2.16. The molecule has 0 N–H and O–H groups in total. The number of hydrogen-bond donors (Lipinski definition) is 0. The van der Waals surface area contributed by atoms with Crippen LogP contribution in [0.5, 0.6) is 11.5 Å². The van der Waals surface area contributed by atoms with Crippen LogP contribution >= 0.6 is 0 Å². The summed E-state index contributed by atoms with van der Waals surface area (Å²) in [5.41, 5.74) is 7.40. The molecule has 3 nitrogen and oxygen atoms in total. The molecule has 3 aromatic carbocycles. The molecule has 1 heterocycles. The molecule has 0 amide bonds. The Morgan fingerprint density at radius 3 is 2.18 bits per heavy atom. The predicted octanol–water partition coefficient (Wildman–Crippen LogP) is 5.51. The van der Waals surface area contributed by atoms with Crippen molar-refractivity contribution >= 4 is 21.8 Å². The smallest absolute Gasteiger partial charge is 0.217 e. The molecule has 28 heavy (non-hydrogen) atoms. The molecule has 142 valence electrons. The van der Waals surface area contributed by atoms with Crippen molar-refractivity contribution < 1.29 is 14.0 Å². The van der Waals surface area contributed by atoms with E-state index in [9.17, 15) is 0 Å². The Kier molecular flexibility index (Phi) is 4.68. The number of aryl methyl sites for hydroxylation is 3. The van der Waals surface area contributed by atoms with E-state index in [4.69, 9.17) is 9.47 Å². The Morgan fingerprint density at radius 1 is 0.786 bits per heavy atom. The number of fused-ring (bicyclic) bond motifs is 2. The average molecular weight is 372 g/mol. The lowest BCUT2D eigenvalue weighted by Crippen LogP contribution is -2.30. The highest BCUT2D eigenvalue weighted by molar-refractivity contribution is 6.08. The molecule has 0 aliphatic heterocycles. The molecular formula is C25H26NO2+. The van der Waals surface area contributed by atoms with Crippen LogP contribution in [0.4, 0.5) is 0 Å². The van der Waals surface area contributed by atoms with E-state index < -0.39 is 0 Å². The number of rotatable bonds is 4. The number of hydrogen-bond acceptors (Lipinski definition) is 2. The number of aromatic nitrogens is 1. The third-order valence-corrected chi connectivity index (χ3v) is 5.48. The van der Waals surface area contributed by atoms with Gasteiger partial charge in [-0.1, -0.05) is 18.2 Å². The molecule has 1 aromatic heterocycles. The van der Waals surface area contributed by atoms with Crippen molar-refractivity contribution in [1.29, 1.82) is 0 Å². The normalized spacial score (nSPS) is 11.2. The van der Waals surface area contributed by atoms with Crippen LogP contribution in [0, 0.1) is 13.8 Å². The molecule has 0 saturated carbocycles. The Hall–Kier alpha value is -3.07. The van der Waals surface area contributed by atoms with Gasteiger partial charge in [0.15, 0.2) is 0 Å². The molecule has 0 fully saturated rings. The number of nitrogens with zero attached hydrogens (tertiary/aromatic N) is 1. The summed E-state index contributed by atoms with van der Waals surface area (Å²) in [4.78, 5) is 0. The third kappa shape index (κ3) is 2.88. The van der Waals surface area contributed by atoms with Crippen molar-refractivity contribution in [3.05, 3.63) is 65.7 Å². The van der Waals surface area contributed by atoms with E-state index in [2.05, 4.69) is 74.0 Å². The van der Waals surface area contributed by atoms with Crippen LogP contribution in [0.1, 0.15) is 18.1 Å². The first-order valence-electron chi connectivity index (χ1n) is 9.68. The SMILES string of the molecule is CCOc1ccc2c(-c3c(C)cccc3C)c3cc(OC)ccc3[n+](C)c2c1. The van der Waals surface area contributed by atoms with E-state index in [0.717, 1.165) is 17.0 Å². The van der Waals surface area contributed by atoms with Gasteiger partial charge in [-0.3, -0.25) is 0 Å². The summed E-state index contributed by atoms with van der Waals surface area (Å²) < 4.78 is 13.6. The summed E-state index contributed by atoms with van der Waals surface area (Å²) in [7, 11) is 3.83. The molecule has 4 rings (SSSR count). The lowest BCUT2D eigenvalue weighted by atomic mass is 9.90. The van der Waals surface area contributed by atoms with Gasteiger partial charge in [0, 0.05) is 11.6 Å². The maximum atomic E-state index is 5.78. The van der Waals surface area contributed by atoms with Gasteiger partial charge in [0.25, 0.3) is 0 Å². The Labute approximate surface area is 166 Å². The van der Waals surface area contributed by atoms with Crippen molar-refractivity contribution in [2.24, 2.45) is 7.05 Å². The van der Waals surface area contributed by atoms with Gasteiger partial charge in [0.05, 0.1) is 30.6 Å². The van der Waals surface area contributed by atoms with Gasteiger partial charge in [-0.15, -0.1) is 0 Å².